The molecule has 7 heteroatoms. The Morgan fingerprint density at radius 1 is 0.861 bits per heavy atom. The Morgan fingerprint density at radius 3 is 2.39 bits per heavy atom. The van der Waals surface area contributed by atoms with Crippen LogP contribution in [0.3, 0.4) is 0 Å². The van der Waals surface area contributed by atoms with E-state index in [0.717, 1.165) is 10.8 Å². The molecule has 36 heavy (non-hydrogen) atoms. The number of carbonyl (C=O) groups is 1. The molecule has 3 aromatic carbocycles. The van der Waals surface area contributed by atoms with Gasteiger partial charge < -0.3 is 19.1 Å². The highest BCUT2D eigenvalue weighted by molar-refractivity contribution is 5.94. The lowest BCUT2D eigenvalue weighted by molar-refractivity contribution is 0.0794. The van der Waals surface area contributed by atoms with Gasteiger partial charge in [-0.1, -0.05) is 42.5 Å². The molecule has 0 atom stereocenters. The van der Waals surface area contributed by atoms with Crippen molar-refractivity contribution < 1.29 is 13.6 Å². The van der Waals surface area contributed by atoms with Crippen molar-refractivity contribution in [3.8, 4) is 11.1 Å². The number of fused-ring (bicyclic) bond motifs is 2. The second-order valence-corrected chi connectivity index (χ2v) is 8.55. The first-order valence-electron chi connectivity index (χ1n) is 11.7. The molecule has 2 heterocycles. The summed E-state index contributed by atoms with van der Waals surface area (Å²) >= 11 is 0. The number of carbonyl (C=O) groups excluding carboxylic acids is 1. The highest BCUT2D eigenvalue weighted by Gasteiger charge is 2.13. The van der Waals surface area contributed by atoms with E-state index in [-0.39, 0.29) is 5.91 Å². The first kappa shape index (κ1) is 23.1. The van der Waals surface area contributed by atoms with Gasteiger partial charge in [0.25, 0.3) is 5.91 Å². The standard InChI is InChI=1S/C29H24N2O5/c1-31(16-6-15-30-24-18-27(32)35-26-10-5-3-8-22(24)26)28(33)20-13-11-19(12-14-20)23-17-21-7-2-4-9-25(21)36-29(23)34/h2-5,7-14,17-18,30H,6,15-16H2,1H3. The smallest absolute Gasteiger partial charge is 0.344 e. The summed E-state index contributed by atoms with van der Waals surface area (Å²) in [4.78, 5) is 38.8. The fraction of sp³-hybridized carbons (Fsp3) is 0.138. The molecule has 0 radical (unpaired) electrons. The minimum Gasteiger partial charge on any atom is -0.423 e. The van der Waals surface area contributed by atoms with Crippen LogP contribution in [0.25, 0.3) is 33.1 Å². The first-order valence-corrected chi connectivity index (χ1v) is 11.7. The second kappa shape index (κ2) is 9.92. The van der Waals surface area contributed by atoms with Crippen molar-refractivity contribution in [2.45, 2.75) is 6.42 Å². The van der Waals surface area contributed by atoms with E-state index in [4.69, 9.17) is 8.83 Å². The Hall–Kier alpha value is -4.65. The largest absolute Gasteiger partial charge is 0.423 e. The maximum Gasteiger partial charge on any atom is 0.344 e. The zero-order valence-electron chi connectivity index (χ0n) is 19.7. The fourth-order valence-electron chi connectivity index (χ4n) is 4.17. The Morgan fingerprint density at radius 2 is 1.58 bits per heavy atom. The van der Waals surface area contributed by atoms with Crippen molar-refractivity contribution in [1.29, 1.82) is 0 Å². The van der Waals surface area contributed by atoms with E-state index >= 15 is 0 Å². The lowest BCUT2D eigenvalue weighted by Gasteiger charge is -2.18. The number of rotatable bonds is 7. The van der Waals surface area contributed by atoms with Gasteiger partial charge in [-0.3, -0.25) is 4.79 Å². The summed E-state index contributed by atoms with van der Waals surface area (Å²) in [5, 5.41) is 4.94. The summed E-state index contributed by atoms with van der Waals surface area (Å²) in [6.07, 6.45) is 0.688. The SMILES string of the molecule is CN(CCCNc1cc(=O)oc2ccccc12)C(=O)c1ccc(-c2cc3ccccc3oc2=O)cc1. The van der Waals surface area contributed by atoms with Crippen molar-refractivity contribution in [2.75, 3.05) is 25.5 Å². The quantitative estimate of drug-likeness (QED) is 0.256. The van der Waals surface area contributed by atoms with Gasteiger partial charge in [0, 0.05) is 42.5 Å². The molecule has 0 fully saturated rings. The number of para-hydroxylation sites is 2. The monoisotopic (exact) mass is 480 g/mol. The summed E-state index contributed by atoms with van der Waals surface area (Å²) in [5.74, 6) is -0.113. The van der Waals surface area contributed by atoms with Crippen LogP contribution in [0, 0.1) is 0 Å². The predicted octanol–water partition coefficient (Wildman–Crippen LogP) is 5.14. The lowest BCUT2D eigenvalue weighted by Crippen LogP contribution is -2.28. The number of nitrogens with zero attached hydrogens (tertiary/aromatic N) is 1. The zero-order chi connectivity index (χ0) is 25.1. The van der Waals surface area contributed by atoms with E-state index in [1.807, 2.05) is 36.4 Å². The molecule has 7 nitrogen and oxygen atoms in total. The number of anilines is 1. The third kappa shape index (κ3) is 4.77. The summed E-state index contributed by atoms with van der Waals surface area (Å²) in [6, 6.07) is 24.9. The minimum atomic E-state index is -0.415. The molecule has 0 aliphatic heterocycles. The zero-order valence-corrected chi connectivity index (χ0v) is 19.7. The lowest BCUT2D eigenvalue weighted by atomic mass is 10.0. The van der Waals surface area contributed by atoms with Gasteiger partial charge in [0.05, 0.1) is 11.3 Å². The molecule has 0 aliphatic rings. The molecule has 0 saturated heterocycles. The molecule has 0 aliphatic carbocycles. The highest BCUT2D eigenvalue weighted by Crippen LogP contribution is 2.22. The first-order chi connectivity index (χ1) is 17.5. The van der Waals surface area contributed by atoms with Crippen molar-refractivity contribution >= 4 is 33.5 Å². The van der Waals surface area contributed by atoms with Gasteiger partial charge in [-0.25, -0.2) is 9.59 Å². The molecule has 1 N–H and O–H groups in total. The van der Waals surface area contributed by atoms with E-state index in [1.54, 1.807) is 54.4 Å². The topological polar surface area (TPSA) is 92.8 Å². The number of nitrogens with one attached hydrogen (secondary N) is 1. The van der Waals surface area contributed by atoms with Crippen molar-refractivity contribution in [1.82, 2.24) is 4.90 Å². The van der Waals surface area contributed by atoms with Crippen molar-refractivity contribution in [3.05, 3.63) is 111 Å². The van der Waals surface area contributed by atoms with E-state index in [0.29, 0.717) is 53.1 Å². The van der Waals surface area contributed by atoms with Crippen LogP contribution in [0.5, 0.6) is 0 Å². The highest BCUT2D eigenvalue weighted by atomic mass is 16.4. The van der Waals surface area contributed by atoms with Crippen LogP contribution in [-0.2, 0) is 0 Å². The maximum atomic E-state index is 12.9. The Kier molecular flexibility index (Phi) is 6.36. The molecular formula is C29H24N2O5. The molecule has 1 amide bonds. The van der Waals surface area contributed by atoms with Gasteiger partial charge in [0.2, 0.25) is 0 Å². The van der Waals surface area contributed by atoms with Crippen LogP contribution in [-0.4, -0.2) is 30.9 Å². The molecule has 5 rings (SSSR count). The van der Waals surface area contributed by atoms with Crippen molar-refractivity contribution in [3.63, 3.8) is 0 Å². The van der Waals surface area contributed by atoms with Gasteiger partial charge in [-0.2, -0.15) is 0 Å². The number of hydrogen-bond acceptors (Lipinski definition) is 6. The van der Waals surface area contributed by atoms with E-state index in [1.165, 1.54) is 6.07 Å². The predicted molar refractivity (Wildman–Crippen MR) is 140 cm³/mol. The summed E-state index contributed by atoms with van der Waals surface area (Å²) in [7, 11) is 1.75. The van der Waals surface area contributed by atoms with Crippen LogP contribution in [0.4, 0.5) is 5.69 Å². The molecule has 0 unspecified atom stereocenters. The minimum absolute atomic E-state index is 0.113. The molecule has 5 aromatic rings. The van der Waals surface area contributed by atoms with Gasteiger partial charge in [0.15, 0.2) is 0 Å². The average Bonchev–Trinajstić information content (AvgIpc) is 2.90. The molecular weight excluding hydrogens is 456 g/mol. The summed E-state index contributed by atoms with van der Waals surface area (Å²) in [5.41, 5.74) is 2.64. The average molecular weight is 481 g/mol. The van der Waals surface area contributed by atoms with Crippen molar-refractivity contribution in [2.24, 2.45) is 0 Å². The molecule has 2 aromatic heterocycles. The number of hydrogen-bond donors (Lipinski definition) is 1. The van der Waals surface area contributed by atoms with E-state index < -0.39 is 11.3 Å². The Labute approximate surface area is 206 Å². The van der Waals surface area contributed by atoms with Crippen LogP contribution < -0.4 is 16.6 Å². The molecule has 180 valence electrons. The Bertz CT molecular complexity index is 1670. The normalized spacial score (nSPS) is 11.0. The van der Waals surface area contributed by atoms with Gasteiger partial charge >= 0.3 is 11.3 Å². The van der Waals surface area contributed by atoms with Crippen LogP contribution >= 0.6 is 0 Å². The summed E-state index contributed by atoms with van der Waals surface area (Å²) in [6.45, 7) is 1.11. The van der Waals surface area contributed by atoms with Crippen LogP contribution in [0.2, 0.25) is 0 Å². The van der Waals surface area contributed by atoms with E-state index in [2.05, 4.69) is 5.32 Å². The van der Waals surface area contributed by atoms with E-state index in [9.17, 15) is 14.4 Å². The fourth-order valence-corrected chi connectivity index (χ4v) is 4.17. The molecule has 0 saturated carbocycles. The van der Waals surface area contributed by atoms with Gasteiger partial charge in [-0.05, 0) is 48.4 Å². The number of amides is 1. The summed E-state index contributed by atoms with van der Waals surface area (Å²) < 4.78 is 10.6. The molecule has 0 bridgehead atoms. The molecule has 0 spiro atoms. The maximum absolute atomic E-state index is 12.9. The Balaban J connectivity index is 1.21. The van der Waals surface area contributed by atoms with Gasteiger partial charge in [0.1, 0.15) is 11.2 Å². The number of benzene rings is 3. The third-order valence-corrected chi connectivity index (χ3v) is 6.07. The van der Waals surface area contributed by atoms with Crippen LogP contribution in [0.15, 0.2) is 103 Å². The van der Waals surface area contributed by atoms with Crippen LogP contribution in [0.1, 0.15) is 16.8 Å². The van der Waals surface area contributed by atoms with Gasteiger partial charge in [-0.15, -0.1) is 0 Å². The second-order valence-electron chi connectivity index (χ2n) is 8.55. The third-order valence-electron chi connectivity index (χ3n) is 6.07.